The first-order valence-corrected chi connectivity index (χ1v) is 7.12. The van der Waals surface area contributed by atoms with Gasteiger partial charge < -0.3 is 15.4 Å². The average Bonchev–Trinajstić information content (AvgIpc) is 2.34. The number of rotatable bonds is 6. The normalized spacial score (nSPS) is 12.3. The van der Waals surface area contributed by atoms with Crippen LogP contribution in [0.25, 0.3) is 0 Å². The van der Waals surface area contributed by atoms with Crippen LogP contribution in [0.15, 0.2) is 22.7 Å². The zero-order chi connectivity index (χ0) is 14.4. The fourth-order valence-electron chi connectivity index (χ4n) is 1.65. The maximum absolute atomic E-state index is 11.6. The molecule has 0 bridgehead atoms. The second-order valence-electron chi connectivity index (χ2n) is 4.70. The molecule has 2 N–H and O–H groups in total. The maximum Gasteiger partial charge on any atom is 0.258 e. The third-order valence-corrected chi connectivity index (χ3v) is 3.18. The Labute approximate surface area is 123 Å². The summed E-state index contributed by atoms with van der Waals surface area (Å²) in [5.41, 5.74) is 1.03. The Morgan fingerprint density at radius 2 is 2.05 bits per heavy atom. The zero-order valence-electron chi connectivity index (χ0n) is 11.8. The Morgan fingerprint density at radius 1 is 1.37 bits per heavy atom. The number of benzene rings is 1. The van der Waals surface area contributed by atoms with E-state index in [0.717, 1.165) is 15.8 Å². The first-order valence-electron chi connectivity index (χ1n) is 6.33. The molecule has 0 aliphatic heterocycles. The summed E-state index contributed by atoms with van der Waals surface area (Å²) in [6, 6.07) is 6.11. The van der Waals surface area contributed by atoms with Gasteiger partial charge in [-0.2, -0.15) is 0 Å². The number of amides is 1. The highest BCUT2D eigenvalue weighted by Crippen LogP contribution is 2.28. The van der Waals surface area contributed by atoms with Crippen LogP contribution in [0.5, 0.6) is 5.75 Å². The van der Waals surface area contributed by atoms with Crippen molar-refractivity contribution >= 4 is 21.8 Å². The SMILES string of the molecule is CNC(C)c1ccc(Br)cc1OCC(=O)NC(C)C. The van der Waals surface area contributed by atoms with E-state index in [1.54, 1.807) is 0 Å². The molecule has 1 atom stereocenters. The van der Waals surface area contributed by atoms with Gasteiger partial charge in [0.15, 0.2) is 6.61 Å². The van der Waals surface area contributed by atoms with E-state index < -0.39 is 0 Å². The van der Waals surface area contributed by atoms with Crippen LogP contribution in [0.3, 0.4) is 0 Å². The Hall–Kier alpha value is -1.07. The van der Waals surface area contributed by atoms with Gasteiger partial charge in [-0.1, -0.05) is 22.0 Å². The molecule has 4 nitrogen and oxygen atoms in total. The number of halogens is 1. The van der Waals surface area contributed by atoms with Crippen molar-refractivity contribution in [3.8, 4) is 5.75 Å². The van der Waals surface area contributed by atoms with E-state index in [2.05, 4.69) is 26.6 Å². The summed E-state index contributed by atoms with van der Waals surface area (Å²) in [6.45, 7) is 5.92. The molecule has 0 fully saturated rings. The highest BCUT2D eigenvalue weighted by Gasteiger charge is 2.12. The van der Waals surface area contributed by atoms with Gasteiger partial charge in [0.1, 0.15) is 5.75 Å². The fourth-order valence-corrected chi connectivity index (χ4v) is 1.99. The molecular weight excluding hydrogens is 308 g/mol. The lowest BCUT2D eigenvalue weighted by molar-refractivity contribution is -0.123. The molecule has 0 saturated heterocycles. The van der Waals surface area contributed by atoms with Crippen molar-refractivity contribution in [3.63, 3.8) is 0 Å². The van der Waals surface area contributed by atoms with Gasteiger partial charge >= 0.3 is 0 Å². The summed E-state index contributed by atoms with van der Waals surface area (Å²) in [4.78, 5) is 11.6. The molecule has 1 aromatic rings. The van der Waals surface area contributed by atoms with E-state index in [1.807, 2.05) is 46.0 Å². The summed E-state index contributed by atoms with van der Waals surface area (Å²) in [7, 11) is 1.89. The molecule has 1 unspecified atom stereocenters. The minimum atomic E-state index is -0.113. The molecule has 0 spiro atoms. The summed E-state index contributed by atoms with van der Waals surface area (Å²) >= 11 is 3.41. The van der Waals surface area contributed by atoms with Gasteiger partial charge in [0, 0.05) is 22.1 Å². The molecule has 0 aliphatic rings. The van der Waals surface area contributed by atoms with E-state index in [0.29, 0.717) is 0 Å². The maximum atomic E-state index is 11.6. The highest BCUT2D eigenvalue weighted by atomic mass is 79.9. The lowest BCUT2D eigenvalue weighted by atomic mass is 10.1. The molecule has 5 heteroatoms. The number of carbonyl (C=O) groups excluding carboxylic acids is 1. The number of hydrogen-bond donors (Lipinski definition) is 2. The predicted octanol–water partition coefficient (Wildman–Crippen LogP) is 2.63. The van der Waals surface area contributed by atoms with Crippen LogP contribution in [0.2, 0.25) is 0 Å². The summed E-state index contributed by atoms with van der Waals surface area (Å²) in [5, 5.41) is 5.96. The fraction of sp³-hybridized carbons (Fsp3) is 0.500. The number of carbonyl (C=O) groups is 1. The van der Waals surface area contributed by atoms with Gasteiger partial charge in [0.2, 0.25) is 0 Å². The van der Waals surface area contributed by atoms with Gasteiger partial charge in [-0.15, -0.1) is 0 Å². The first kappa shape index (κ1) is 16.0. The van der Waals surface area contributed by atoms with Crippen molar-refractivity contribution in [2.45, 2.75) is 32.9 Å². The number of nitrogens with one attached hydrogen (secondary N) is 2. The second kappa shape index (κ2) is 7.50. The van der Waals surface area contributed by atoms with Crippen LogP contribution >= 0.6 is 15.9 Å². The Balaban J connectivity index is 2.76. The molecule has 0 aromatic heterocycles. The molecule has 0 saturated carbocycles. The average molecular weight is 329 g/mol. The van der Waals surface area contributed by atoms with E-state index in [1.165, 1.54) is 0 Å². The van der Waals surface area contributed by atoms with E-state index in [-0.39, 0.29) is 24.6 Å². The lowest BCUT2D eigenvalue weighted by Gasteiger charge is -2.17. The molecule has 1 rings (SSSR count). The molecular formula is C14H21BrN2O2. The van der Waals surface area contributed by atoms with E-state index in [9.17, 15) is 4.79 Å². The van der Waals surface area contributed by atoms with Crippen molar-refractivity contribution in [1.82, 2.24) is 10.6 Å². The van der Waals surface area contributed by atoms with Crippen molar-refractivity contribution in [2.24, 2.45) is 0 Å². The van der Waals surface area contributed by atoms with E-state index >= 15 is 0 Å². The van der Waals surface area contributed by atoms with Crippen molar-refractivity contribution in [1.29, 1.82) is 0 Å². The van der Waals surface area contributed by atoms with E-state index in [4.69, 9.17) is 4.74 Å². The molecule has 0 radical (unpaired) electrons. The number of ether oxygens (including phenoxy) is 1. The summed E-state index contributed by atoms with van der Waals surface area (Å²) < 4.78 is 6.55. The molecule has 106 valence electrons. The van der Waals surface area contributed by atoms with Crippen molar-refractivity contribution in [2.75, 3.05) is 13.7 Å². The van der Waals surface area contributed by atoms with Crippen LogP contribution < -0.4 is 15.4 Å². The quantitative estimate of drug-likeness (QED) is 0.844. The Kier molecular flexibility index (Phi) is 6.31. The van der Waals surface area contributed by atoms with Crippen LogP contribution in [0.4, 0.5) is 0 Å². The molecule has 0 heterocycles. The predicted molar refractivity (Wildman–Crippen MR) is 80.4 cm³/mol. The summed E-state index contributed by atoms with van der Waals surface area (Å²) in [5.74, 6) is 0.605. The van der Waals surface area contributed by atoms with Crippen LogP contribution in [-0.2, 0) is 4.79 Å². The van der Waals surface area contributed by atoms with Gasteiger partial charge in [0.05, 0.1) is 0 Å². The smallest absolute Gasteiger partial charge is 0.258 e. The van der Waals surface area contributed by atoms with Crippen LogP contribution in [-0.4, -0.2) is 25.6 Å². The van der Waals surface area contributed by atoms with Gasteiger partial charge in [-0.25, -0.2) is 0 Å². The monoisotopic (exact) mass is 328 g/mol. The molecule has 1 aromatic carbocycles. The zero-order valence-corrected chi connectivity index (χ0v) is 13.4. The Morgan fingerprint density at radius 3 is 2.63 bits per heavy atom. The van der Waals surface area contributed by atoms with Crippen LogP contribution in [0.1, 0.15) is 32.4 Å². The van der Waals surface area contributed by atoms with Gasteiger partial charge in [-0.3, -0.25) is 4.79 Å². The van der Waals surface area contributed by atoms with Crippen LogP contribution in [0, 0.1) is 0 Å². The minimum Gasteiger partial charge on any atom is -0.483 e. The third kappa shape index (κ3) is 5.20. The third-order valence-electron chi connectivity index (χ3n) is 2.68. The van der Waals surface area contributed by atoms with Crippen molar-refractivity contribution in [3.05, 3.63) is 28.2 Å². The second-order valence-corrected chi connectivity index (χ2v) is 5.62. The van der Waals surface area contributed by atoms with Crippen molar-refractivity contribution < 1.29 is 9.53 Å². The minimum absolute atomic E-state index is 0.0259. The molecule has 0 aliphatic carbocycles. The summed E-state index contributed by atoms with van der Waals surface area (Å²) in [6.07, 6.45) is 0. The first-order chi connectivity index (χ1) is 8.93. The van der Waals surface area contributed by atoms with Gasteiger partial charge in [0.25, 0.3) is 5.91 Å². The standard InChI is InChI=1S/C14H21BrN2O2/c1-9(2)17-14(18)8-19-13-7-11(15)5-6-12(13)10(3)16-4/h5-7,9-10,16H,8H2,1-4H3,(H,17,18). The topological polar surface area (TPSA) is 50.4 Å². The highest BCUT2D eigenvalue weighted by molar-refractivity contribution is 9.10. The molecule has 1 amide bonds. The largest absolute Gasteiger partial charge is 0.483 e. The lowest BCUT2D eigenvalue weighted by Crippen LogP contribution is -2.34. The number of hydrogen-bond acceptors (Lipinski definition) is 3. The van der Waals surface area contributed by atoms with Gasteiger partial charge in [-0.05, 0) is 40.0 Å². The Bertz CT molecular complexity index is 435. The molecule has 19 heavy (non-hydrogen) atoms.